The van der Waals surface area contributed by atoms with E-state index in [2.05, 4.69) is 10.3 Å². The topological polar surface area (TPSA) is 95.2 Å². The summed E-state index contributed by atoms with van der Waals surface area (Å²) >= 11 is 0. The predicted molar refractivity (Wildman–Crippen MR) is 97.7 cm³/mol. The van der Waals surface area contributed by atoms with Gasteiger partial charge in [-0.3, -0.25) is 10.1 Å². The molecule has 136 valence electrons. The summed E-state index contributed by atoms with van der Waals surface area (Å²) < 4.78 is 16.2. The number of ether oxygens (including phenoxy) is 3. The van der Waals surface area contributed by atoms with Gasteiger partial charge in [-0.1, -0.05) is 30.3 Å². The molecule has 0 aromatic heterocycles. The van der Waals surface area contributed by atoms with Crippen LogP contribution in [0.4, 0.5) is 0 Å². The maximum Gasteiger partial charge on any atom is 0.259 e. The monoisotopic (exact) mass is 355 g/mol. The van der Waals surface area contributed by atoms with Gasteiger partial charge in [0.1, 0.15) is 0 Å². The Hall–Kier alpha value is -3.22. The fraction of sp³-hybridized carbons (Fsp3) is 0.263. The number of carbonyl (C=O) groups excluding carboxylic acids is 1. The number of guanidine groups is 1. The molecular weight excluding hydrogens is 334 g/mol. The van der Waals surface area contributed by atoms with Crippen LogP contribution in [0.15, 0.2) is 47.5 Å². The van der Waals surface area contributed by atoms with Crippen molar-refractivity contribution in [1.82, 2.24) is 5.32 Å². The number of aliphatic imine (C=N–C) groups is 1. The lowest BCUT2D eigenvalue weighted by Crippen LogP contribution is -2.40. The molecule has 0 fully saturated rings. The number of nitrogens with zero attached hydrogens (tertiary/aromatic N) is 1. The van der Waals surface area contributed by atoms with Gasteiger partial charge in [0.2, 0.25) is 5.75 Å². The number of benzene rings is 2. The summed E-state index contributed by atoms with van der Waals surface area (Å²) in [6.45, 7) is 0. The second kappa shape index (κ2) is 6.95. The Bertz CT molecular complexity index is 826. The molecule has 1 amide bonds. The summed E-state index contributed by atoms with van der Waals surface area (Å²) in [6, 6.07) is 13.0. The van der Waals surface area contributed by atoms with Crippen molar-refractivity contribution in [3.05, 3.63) is 53.6 Å². The van der Waals surface area contributed by atoms with Crippen LogP contribution in [0.2, 0.25) is 0 Å². The minimum Gasteiger partial charge on any atom is -0.493 e. The maximum absolute atomic E-state index is 12.8. The van der Waals surface area contributed by atoms with Crippen LogP contribution in [0.5, 0.6) is 17.2 Å². The van der Waals surface area contributed by atoms with Crippen molar-refractivity contribution in [2.75, 3.05) is 21.3 Å². The van der Waals surface area contributed by atoms with E-state index in [1.807, 2.05) is 42.5 Å². The van der Waals surface area contributed by atoms with Crippen molar-refractivity contribution >= 4 is 11.9 Å². The Morgan fingerprint density at radius 3 is 2.12 bits per heavy atom. The van der Waals surface area contributed by atoms with Gasteiger partial charge in [0, 0.05) is 6.42 Å². The molecule has 26 heavy (non-hydrogen) atoms. The largest absolute Gasteiger partial charge is 0.493 e. The third-order valence-corrected chi connectivity index (χ3v) is 4.36. The van der Waals surface area contributed by atoms with E-state index in [0.29, 0.717) is 23.7 Å². The van der Waals surface area contributed by atoms with Gasteiger partial charge in [-0.15, -0.1) is 0 Å². The van der Waals surface area contributed by atoms with Crippen LogP contribution < -0.4 is 25.3 Å². The van der Waals surface area contributed by atoms with E-state index in [0.717, 1.165) is 11.1 Å². The quantitative estimate of drug-likeness (QED) is 0.821. The summed E-state index contributed by atoms with van der Waals surface area (Å²) in [5, 5.41) is 2.61. The lowest BCUT2D eigenvalue weighted by Gasteiger charge is -2.25. The number of hydrogen-bond donors (Lipinski definition) is 2. The lowest BCUT2D eigenvalue weighted by molar-refractivity contribution is -0.124. The zero-order valence-corrected chi connectivity index (χ0v) is 14.9. The highest BCUT2D eigenvalue weighted by Crippen LogP contribution is 2.41. The van der Waals surface area contributed by atoms with E-state index in [1.165, 1.54) is 0 Å². The summed E-state index contributed by atoms with van der Waals surface area (Å²) in [5.74, 6) is 1.36. The van der Waals surface area contributed by atoms with Gasteiger partial charge >= 0.3 is 0 Å². The Kier molecular flexibility index (Phi) is 4.71. The number of carbonyl (C=O) groups is 1. The van der Waals surface area contributed by atoms with Gasteiger partial charge in [-0.05, 0) is 23.3 Å². The Balaban J connectivity index is 2.11. The fourth-order valence-electron chi connectivity index (χ4n) is 3.17. The molecule has 3 N–H and O–H groups in total. The van der Waals surface area contributed by atoms with E-state index in [9.17, 15) is 4.79 Å². The van der Waals surface area contributed by atoms with Crippen molar-refractivity contribution in [2.45, 2.75) is 12.0 Å². The van der Waals surface area contributed by atoms with E-state index >= 15 is 0 Å². The standard InChI is InChI=1S/C19H21N3O4/c1-24-14-9-12(10-15(25-2)16(14)26-3)11-19(13-7-5-4-6-8-13)17(23)21-18(20)22-19/h4-10H,11H2,1-3H3,(H3,20,21,22,23)/t19-/m0/s1. The maximum atomic E-state index is 12.8. The second-order valence-electron chi connectivity index (χ2n) is 5.89. The molecule has 0 spiro atoms. The molecule has 0 saturated heterocycles. The first kappa shape index (κ1) is 17.6. The first-order valence-electron chi connectivity index (χ1n) is 8.05. The molecule has 2 aromatic rings. The number of methoxy groups -OCH3 is 3. The van der Waals surface area contributed by atoms with Crippen molar-refractivity contribution in [3.8, 4) is 17.2 Å². The second-order valence-corrected chi connectivity index (χ2v) is 5.89. The van der Waals surface area contributed by atoms with Crippen molar-refractivity contribution in [3.63, 3.8) is 0 Å². The summed E-state index contributed by atoms with van der Waals surface area (Å²) in [7, 11) is 4.64. The zero-order valence-electron chi connectivity index (χ0n) is 14.9. The van der Waals surface area contributed by atoms with Crippen LogP contribution in [0, 0.1) is 0 Å². The van der Waals surface area contributed by atoms with Crippen LogP contribution in [0.25, 0.3) is 0 Å². The van der Waals surface area contributed by atoms with E-state index in [4.69, 9.17) is 19.9 Å². The number of nitrogens with one attached hydrogen (secondary N) is 1. The van der Waals surface area contributed by atoms with E-state index in [1.54, 1.807) is 21.3 Å². The van der Waals surface area contributed by atoms with Crippen LogP contribution in [0.1, 0.15) is 11.1 Å². The van der Waals surface area contributed by atoms with Crippen LogP contribution >= 0.6 is 0 Å². The zero-order chi connectivity index (χ0) is 18.7. The number of nitrogens with two attached hydrogens (primary N) is 1. The van der Waals surface area contributed by atoms with Crippen LogP contribution in [0.3, 0.4) is 0 Å². The van der Waals surface area contributed by atoms with Gasteiger partial charge in [0.05, 0.1) is 21.3 Å². The van der Waals surface area contributed by atoms with Gasteiger partial charge in [-0.2, -0.15) is 0 Å². The number of rotatable bonds is 6. The van der Waals surface area contributed by atoms with Gasteiger partial charge < -0.3 is 19.9 Å². The molecule has 1 atom stereocenters. The molecule has 0 radical (unpaired) electrons. The molecule has 7 heteroatoms. The van der Waals surface area contributed by atoms with Crippen LogP contribution in [-0.4, -0.2) is 33.2 Å². The molecule has 1 heterocycles. The summed E-state index contributed by atoms with van der Waals surface area (Å²) in [6.07, 6.45) is 0.292. The number of amides is 1. The average molecular weight is 355 g/mol. The van der Waals surface area contributed by atoms with Crippen molar-refractivity contribution < 1.29 is 19.0 Å². The summed E-state index contributed by atoms with van der Waals surface area (Å²) in [4.78, 5) is 17.2. The number of hydrogen-bond acceptors (Lipinski definition) is 6. The van der Waals surface area contributed by atoms with Gasteiger partial charge in [0.15, 0.2) is 23.0 Å². The van der Waals surface area contributed by atoms with Crippen LogP contribution in [-0.2, 0) is 16.8 Å². The minimum absolute atomic E-state index is 0.103. The predicted octanol–water partition coefficient (Wildman–Crippen LogP) is 1.59. The minimum atomic E-state index is -1.14. The SMILES string of the molecule is COc1cc(C[C@@]2(c3ccccc3)N=C(N)NC2=O)cc(OC)c1OC. The molecule has 0 aliphatic carbocycles. The first-order valence-corrected chi connectivity index (χ1v) is 8.05. The molecule has 0 saturated carbocycles. The normalized spacial score (nSPS) is 18.9. The van der Waals surface area contributed by atoms with Crippen molar-refractivity contribution in [1.29, 1.82) is 0 Å². The molecule has 3 rings (SSSR count). The third kappa shape index (κ3) is 2.92. The molecule has 7 nitrogen and oxygen atoms in total. The lowest BCUT2D eigenvalue weighted by atomic mass is 9.84. The Morgan fingerprint density at radius 2 is 1.65 bits per heavy atom. The van der Waals surface area contributed by atoms with Gasteiger partial charge in [0.25, 0.3) is 5.91 Å². The molecule has 2 aromatic carbocycles. The smallest absolute Gasteiger partial charge is 0.259 e. The molecular formula is C19H21N3O4. The average Bonchev–Trinajstić information content (AvgIpc) is 2.95. The van der Waals surface area contributed by atoms with E-state index in [-0.39, 0.29) is 11.9 Å². The first-order chi connectivity index (χ1) is 12.5. The Labute approximate surface area is 151 Å². The van der Waals surface area contributed by atoms with Gasteiger partial charge in [-0.25, -0.2) is 4.99 Å². The Morgan fingerprint density at radius 1 is 1.04 bits per heavy atom. The highest BCUT2D eigenvalue weighted by molar-refractivity contribution is 6.07. The highest BCUT2D eigenvalue weighted by atomic mass is 16.5. The molecule has 0 unspecified atom stereocenters. The fourth-order valence-corrected chi connectivity index (χ4v) is 3.17. The molecule has 0 bridgehead atoms. The molecule has 1 aliphatic heterocycles. The third-order valence-electron chi connectivity index (χ3n) is 4.36. The molecule has 1 aliphatic rings. The highest BCUT2D eigenvalue weighted by Gasteiger charge is 2.45. The summed E-state index contributed by atoms with van der Waals surface area (Å²) in [5.41, 5.74) is 6.21. The van der Waals surface area contributed by atoms with Crippen molar-refractivity contribution in [2.24, 2.45) is 10.7 Å². The van der Waals surface area contributed by atoms with E-state index < -0.39 is 5.54 Å².